The van der Waals surface area contributed by atoms with Gasteiger partial charge in [-0.3, -0.25) is 0 Å². The fraction of sp³-hybridized carbons (Fsp3) is 0.474. The molecule has 132 valence electrons. The molecule has 1 aromatic carbocycles. The number of carbonyl (C=O) groups excluding carboxylic acids is 1. The van der Waals surface area contributed by atoms with Gasteiger partial charge in [0.15, 0.2) is 0 Å². The van der Waals surface area contributed by atoms with E-state index in [1.54, 1.807) is 12.5 Å². The van der Waals surface area contributed by atoms with E-state index in [0.717, 1.165) is 24.3 Å². The molecule has 0 radical (unpaired) electrons. The molecule has 1 saturated carbocycles. The smallest absolute Gasteiger partial charge is 0.315 e. The van der Waals surface area contributed by atoms with Crippen molar-refractivity contribution in [2.24, 2.45) is 11.3 Å². The second kappa shape index (κ2) is 6.19. The maximum Gasteiger partial charge on any atom is 0.315 e. The summed E-state index contributed by atoms with van der Waals surface area (Å²) in [5.74, 6) is 0.449. The molecule has 1 aliphatic heterocycles. The lowest BCUT2D eigenvalue weighted by molar-refractivity contribution is -0.108. The van der Waals surface area contributed by atoms with E-state index in [0.29, 0.717) is 12.5 Å². The number of nitrogens with zero attached hydrogens (tertiary/aromatic N) is 2. The van der Waals surface area contributed by atoms with Crippen LogP contribution in [-0.4, -0.2) is 34.3 Å². The van der Waals surface area contributed by atoms with Crippen molar-refractivity contribution >= 4 is 6.03 Å². The van der Waals surface area contributed by atoms with Gasteiger partial charge in [0.25, 0.3) is 0 Å². The van der Waals surface area contributed by atoms with Gasteiger partial charge in [0.2, 0.25) is 0 Å². The number of aromatic nitrogens is 2. The standard InChI is InChI=1S/C19H24N4O2/c1-19(2)16(15-6-9-25-17(15)19)22-18(24)21-11-13-4-3-5-14(10-13)23-8-7-20-12-23/h3-5,7-8,10,12,15-17H,6,9,11H2,1-2H3,(H2,21,22,24)/t15-,16+,17+/m0/s1. The molecule has 3 atom stereocenters. The van der Waals surface area contributed by atoms with Gasteiger partial charge < -0.3 is 19.9 Å². The molecule has 0 unspecified atom stereocenters. The third kappa shape index (κ3) is 2.91. The number of hydrogen-bond donors (Lipinski definition) is 2. The van der Waals surface area contributed by atoms with E-state index in [9.17, 15) is 4.79 Å². The molecule has 25 heavy (non-hydrogen) atoms. The van der Waals surface area contributed by atoms with Gasteiger partial charge in [-0.05, 0) is 24.1 Å². The van der Waals surface area contributed by atoms with Crippen LogP contribution >= 0.6 is 0 Å². The predicted octanol–water partition coefficient (Wildman–Crippen LogP) is 2.49. The topological polar surface area (TPSA) is 68.2 Å². The Morgan fingerprint density at radius 3 is 3.12 bits per heavy atom. The van der Waals surface area contributed by atoms with Gasteiger partial charge in [-0.15, -0.1) is 0 Å². The van der Waals surface area contributed by atoms with E-state index in [-0.39, 0.29) is 23.6 Å². The van der Waals surface area contributed by atoms with E-state index < -0.39 is 0 Å². The Bertz CT molecular complexity index is 757. The molecule has 1 aliphatic carbocycles. The highest BCUT2D eigenvalue weighted by Crippen LogP contribution is 2.52. The van der Waals surface area contributed by atoms with E-state index in [2.05, 4.69) is 35.5 Å². The number of urea groups is 1. The number of ether oxygens (including phenoxy) is 1. The van der Waals surface area contributed by atoms with Crippen LogP contribution in [0.15, 0.2) is 43.0 Å². The van der Waals surface area contributed by atoms with Gasteiger partial charge in [-0.1, -0.05) is 26.0 Å². The molecular weight excluding hydrogens is 316 g/mol. The Labute approximate surface area is 147 Å². The monoisotopic (exact) mass is 340 g/mol. The SMILES string of the molecule is CC1(C)[C@H](NC(=O)NCc2cccc(-n3ccnc3)c2)[C@@H]2CCO[C@H]21. The first kappa shape index (κ1) is 16.1. The summed E-state index contributed by atoms with van der Waals surface area (Å²) in [6, 6.07) is 8.13. The maximum atomic E-state index is 12.3. The van der Waals surface area contributed by atoms with Crippen molar-refractivity contribution in [2.75, 3.05) is 6.61 Å². The van der Waals surface area contributed by atoms with E-state index in [1.807, 2.05) is 29.0 Å². The lowest BCUT2D eigenvalue weighted by Crippen LogP contribution is -2.67. The zero-order chi connectivity index (χ0) is 17.4. The number of fused-ring (bicyclic) bond motifs is 1. The third-order valence-electron chi connectivity index (χ3n) is 5.55. The van der Waals surface area contributed by atoms with E-state index in [1.165, 1.54) is 0 Å². The van der Waals surface area contributed by atoms with Crippen molar-refractivity contribution in [1.29, 1.82) is 0 Å². The lowest BCUT2D eigenvalue weighted by Gasteiger charge is -2.54. The van der Waals surface area contributed by atoms with Crippen LogP contribution in [0, 0.1) is 11.3 Å². The van der Waals surface area contributed by atoms with Gasteiger partial charge in [-0.2, -0.15) is 0 Å². The molecule has 2 aromatic rings. The van der Waals surface area contributed by atoms with Crippen molar-refractivity contribution in [3.05, 3.63) is 48.5 Å². The van der Waals surface area contributed by atoms with Gasteiger partial charge in [0.05, 0.1) is 12.4 Å². The zero-order valence-electron chi connectivity index (χ0n) is 14.6. The van der Waals surface area contributed by atoms with Crippen LogP contribution in [0.25, 0.3) is 5.69 Å². The minimum Gasteiger partial charge on any atom is -0.377 e. The molecule has 0 spiro atoms. The van der Waals surface area contributed by atoms with E-state index >= 15 is 0 Å². The fourth-order valence-electron chi connectivity index (χ4n) is 4.23. The largest absolute Gasteiger partial charge is 0.377 e. The number of nitrogens with one attached hydrogen (secondary N) is 2. The lowest BCUT2D eigenvalue weighted by atomic mass is 9.57. The first-order valence-electron chi connectivity index (χ1n) is 8.79. The van der Waals surface area contributed by atoms with Gasteiger partial charge in [0.1, 0.15) is 0 Å². The van der Waals surface area contributed by atoms with Crippen molar-refractivity contribution in [3.63, 3.8) is 0 Å². The molecule has 2 heterocycles. The summed E-state index contributed by atoms with van der Waals surface area (Å²) in [4.78, 5) is 16.4. The van der Waals surface area contributed by atoms with Crippen LogP contribution in [0.3, 0.4) is 0 Å². The summed E-state index contributed by atoms with van der Waals surface area (Å²) in [5, 5.41) is 6.12. The van der Waals surface area contributed by atoms with Crippen LogP contribution in [0.2, 0.25) is 0 Å². The van der Waals surface area contributed by atoms with Crippen LogP contribution in [0.5, 0.6) is 0 Å². The highest BCUT2D eigenvalue weighted by molar-refractivity contribution is 5.74. The average molecular weight is 340 g/mol. The highest BCUT2D eigenvalue weighted by atomic mass is 16.5. The average Bonchev–Trinajstić information content (AvgIpc) is 3.28. The van der Waals surface area contributed by atoms with Crippen molar-refractivity contribution in [3.8, 4) is 5.69 Å². The maximum absolute atomic E-state index is 12.3. The Hall–Kier alpha value is -2.34. The van der Waals surface area contributed by atoms with Crippen molar-refractivity contribution in [1.82, 2.24) is 20.2 Å². The number of rotatable bonds is 4. The molecular formula is C19H24N4O2. The quantitative estimate of drug-likeness (QED) is 0.898. The summed E-state index contributed by atoms with van der Waals surface area (Å²) in [6.45, 7) is 5.63. The number of carbonyl (C=O) groups is 1. The van der Waals surface area contributed by atoms with Gasteiger partial charge >= 0.3 is 6.03 Å². The number of imidazole rings is 1. The number of benzene rings is 1. The summed E-state index contributed by atoms with van der Waals surface area (Å²) in [5.41, 5.74) is 2.08. The van der Waals surface area contributed by atoms with E-state index in [4.69, 9.17) is 4.74 Å². The van der Waals surface area contributed by atoms with Crippen molar-refractivity contribution in [2.45, 2.75) is 39.0 Å². The molecule has 1 saturated heterocycles. The summed E-state index contributed by atoms with van der Waals surface area (Å²) >= 11 is 0. The first-order chi connectivity index (χ1) is 12.1. The highest BCUT2D eigenvalue weighted by Gasteiger charge is 2.59. The zero-order valence-corrected chi connectivity index (χ0v) is 14.6. The third-order valence-corrected chi connectivity index (χ3v) is 5.55. The van der Waals surface area contributed by atoms with Crippen LogP contribution < -0.4 is 10.6 Å². The Morgan fingerprint density at radius 1 is 1.44 bits per heavy atom. The molecule has 4 rings (SSSR count). The summed E-state index contributed by atoms with van der Waals surface area (Å²) < 4.78 is 7.72. The summed E-state index contributed by atoms with van der Waals surface area (Å²) in [7, 11) is 0. The Kier molecular flexibility index (Phi) is 4.00. The van der Waals surface area contributed by atoms with Crippen LogP contribution in [-0.2, 0) is 11.3 Å². The molecule has 2 amide bonds. The molecule has 2 N–H and O–H groups in total. The first-order valence-corrected chi connectivity index (χ1v) is 8.79. The predicted molar refractivity (Wildman–Crippen MR) is 94.4 cm³/mol. The van der Waals surface area contributed by atoms with Gasteiger partial charge in [0, 0.05) is 48.6 Å². The van der Waals surface area contributed by atoms with Gasteiger partial charge in [-0.25, -0.2) is 9.78 Å². The minimum atomic E-state index is -0.114. The fourth-order valence-corrected chi connectivity index (χ4v) is 4.23. The van der Waals surface area contributed by atoms with Crippen LogP contribution in [0.1, 0.15) is 25.8 Å². The number of amides is 2. The van der Waals surface area contributed by atoms with Crippen molar-refractivity contribution < 1.29 is 9.53 Å². The molecule has 1 aromatic heterocycles. The van der Waals surface area contributed by atoms with Crippen LogP contribution in [0.4, 0.5) is 4.79 Å². The minimum absolute atomic E-state index is 0.000153. The second-order valence-corrected chi connectivity index (χ2v) is 7.51. The molecule has 6 heteroatoms. The molecule has 2 fully saturated rings. The molecule has 6 nitrogen and oxygen atoms in total. The number of hydrogen-bond acceptors (Lipinski definition) is 3. The molecule has 0 bridgehead atoms. The molecule has 2 aliphatic rings. The summed E-state index contributed by atoms with van der Waals surface area (Å²) in [6.07, 6.45) is 6.73. The normalized spacial score (nSPS) is 26.6. The second-order valence-electron chi connectivity index (χ2n) is 7.51. The Morgan fingerprint density at radius 2 is 2.32 bits per heavy atom. The Balaban J connectivity index is 1.34.